The number of aliphatic imine (C=N–C) groups is 1. The number of allylic oxidation sites excluding steroid dienone is 6. The molecule has 8 N–H and O–H groups in total. The van der Waals surface area contributed by atoms with Crippen molar-refractivity contribution in [2.75, 3.05) is 13.1 Å². The van der Waals surface area contributed by atoms with Crippen molar-refractivity contribution in [3.8, 4) is 0 Å². The minimum absolute atomic E-state index is 0.00562. The molecule has 0 heterocycles. The lowest BCUT2D eigenvalue weighted by atomic mass is 10.0. The maximum atomic E-state index is 12.1. The number of urea groups is 1. The second kappa shape index (κ2) is 7.40. The number of carbonyl (C=O) groups is 1. The van der Waals surface area contributed by atoms with Gasteiger partial charge in [-0.25, -0.2) is 4.79 Å². The van der Waals surface area contributed by atoms with Crippen LogP contribution >= 0.6 is 0 Å². The summed E-state index contributed by atoms with van der Waals surface area (Å²) < 4.78 is 0. The van der Waals surface area contributed by atoms with E-state index in [1.165, 1.54) is 0 Å². The average Bonchev–Trinajstić information content (AvgIpc) is 2.76. The molecule has 25 heavy (non-hydrogen) atoms. The second-order valence-electron chi connectivity index (χ2n) is 6.58. The fourth-order valence-corrected chi connectivity index (χ4v) is 2.40. The first-order valence-corrected chi connectivity index (χ1v) is 8.11. The van der Waals surface area contributed by atoms with Gasteiger partial charge in [-0.1, -0.05) is 48.6 Å². The highest BCUT2D eigenvalue weighted by Crippen LogP contribution is 2.24. The van der Waals surface area contributed by atoms with Gasteiger partial charge in [-0.2, -0.15) is 0 Å². The third kappa shape index (κ3) is 5.65. The molecule has 7 heteroatoms. The standard InChI is InChI=1S/C18H26N6O/c1-17(21)7-3-13-5-9-18(2,10-6-14(13)4-8-17)24-16(25)23-12-11-22-15(19)20/h3-10H,11-12,21H2,1-2H3,(H4,19,20,22)(H2,23,24,25). The van der Waals surface area contributed by atoms with E-state index in [0.29, 0.717) is 13.1 Å². The monoisotopic (exact) mass is 342 g/mol. The number of nitrogens with two attached hydrogens (primary N) is 3. The van der Waals surface area contributed by atoms with Crippen LogP contribution in [0, 0.1) is 0 Å². The lowest BCUT2D eigenvalue weighted by Gasteiger charge is -2.23. The first-order valence-electron chi connectivity index (χ1n) is 8.11. The molecule has 2 aliphatic carbocycles. The van der Waals surface area contributed by atoms with Gasteiger partial charge in [-0.05, 0) is 25.0 Å². The maximum absolute atomic E-state index is 12.1. The van der Waals surface area contributed by atoms with Crippen LogP contribution in [-0.4, -0.2) is 36.2 Å². The zero-order valence-corrected chi connectivity index (χ0v) is 14.6. The van der Waals surface area contributed by atoms with Crippen LogP contribution < -0.4 is 27.8 Å². The van der Waals surface area contributed by atoms with Gasteiger partial charge in [-0.3, -0.25) is 4.99 Å². The number of amides is 2. The fraction of sp³-hybridized carbons (Fsp3) is 0.333. The molecule has 0 aromatic carbocycles. The summed E-state index contributed by atoms with van der Waals surface area (Å²) in [6.07, 6.45) is 15.8. The lowest BCUT2D eigenvalue weighted by molar-refractivity contribution is 0.236. The minimum atomic E-state index is -0.611. The molecule has 0 fully saturated rings. The second-order valence-corrected chi connectivity index (χ2v) is 6.58. The Balaban J connectivity index is 2.01. The van der Waals surface area contributed by atoms with Gasteiger partial charge in [0, 0.05) is 6.54 Å². The maximum Gasteiger partial charge on any atom is 0.315 e. The van der Waals surface area contributed by atoms with Crippen LogP contribution in [0.25, 0.3) is 0 Å². The van der Waals surface area contributed by atoms with Gasteiger partial charge in [0.15, 0.2) is 5.96 Å². The fourth-order valence-electron chi connectivity index (χ4n) is 2.40. The molecule has 2 amide bonds. The van der Waals surface area contributed by atoms with E-state index in [2.05, 4.69) is 15.6 Å². The topological polar surface area (TPSA) is 132 Å². The molecular formula is C18H26N6O. The van der Waals surface area contributed by atoms with Gasteiger partial charge in [-0.15, -0.1) is 0 Å². The molecule has 0 saturated heterocycles. The molecule has 2 aliphatic rings. The largest absolute Gasteiger partial charge is 0.370 e. The summed E-state index contributed by atoms with van der Waals surface area (Å²) in [6.45, 7) is 4.55. The number of hydrogen-bond donors (Lipinski definition) is 5. The summed E-state index contributed by atoms with van der Waals surface area (Å²) in [7, 11) is 0. The van der Waals surface area contributed by atoms with Crippen LogP contribution in [-0.2, 0) is 0 Å². The van der Waals surface area contributed by atoms with Gasteiger partial charge < -0.3 is 27.8 Å². The molecule has 0 spiro atoms. The Bertz CT molecular complexity index is 669. The van der Waals surface area contributed by atoms with E-state index in [0.717, 1.165) is 11.1 Å². The Morgan fingerprint density at radius 2 is 1.56 bits per heavy atom. The van der Waals surface area contributed by atoms with E-state index >= 15 is 0 Å². The summed E-state index contributed by atoms with van der Waals surface area (Å²) in [4.78, 5) is 15.9. The number of guanidine groups is 1. The number of rotatable bonds is 4. The van der Waals surface area contributed by atoms with Crippen LogP contribution in [0.5, 0.6) is 0 Å². The average molecular weight is 342 g/mol. The van der Waals surface area contributed by atoms with Crippen molar-refractivity contribution in [1.82, 2.24) is 10.6 Å². The van der Waals surface area contributed by atoms with Crippen LogP contribution in [0.3, 0.4) is 0 Å². The molecule has 0 radical (unpaired) electrons. The first-order chi connectivity index (χ1) is 11.7. The summed E-state index contributed by atoms with van der Waals surface area (Å²) in [5, 5.41) is 5.65. The van der Waals surface area contributed by atoms with Crippen molar-refractivity contribution in [2.24, 2.45) is 22.2 Å². The number of carbonyl (C=O) groups excluding carboxylic acids is 1. The smallest absolute Gasteiger partial charge is 0.315 e. The van der Waals surface area contributed by atoms with E-state index in [9.17, 15) is 4.79 Å². The van der Waals surface area contributed by atoms with E-state index in [1.807, 2.05) is 62.5 Å². The first kappa shape index (κ1) is 18.5. The van der Waals surface area contributed by atoms with E-state index < -0.39 is 11.1 Å². The zero-order chi connectivity index (χ0) is 18.5. The van der Waals surface area contributed by atoms with Crippen LogP contribution in [0.2, 0.25) is 0 Å². The summed E-state index contributed by atoms with van der Waals surface area (Å²) >= 11 is 0. The number of hydrogen-bond acceptors (Lipinski definition) is 3. The molecule has 0 saturated carbocycles. The van der Waals surface area contributed by atoms with Crippen molar-refractivity contribution in [3.05, 3.63) is 59.8 Å². The zero-order valence-electron chi connectivity index (χ0n) is 14.6. The normalized spacial score (nSPS) is 19.6. The van der Waals surface area contributed by atoms with E-state index in [1.54, 1.807) is 0 Å². The Kier molecular flexibility index (Phi) is 5.48. The molecule has 134 valence electrons. The molecule has 0 aliphatic heterocycles. The highest BCUT2D eigenvalue weighted by atomic mass is 16.2. The highest BCUT2D eigenvalue weighted by molar-refractivity contribution is 5.76. The number of nitrogens with one attached hydrogen (secondary N) is 2. The van der Waals surface area contributed by atoms with E-state index in [-0.39, 0.29) is 12.0 Å². The lowest BCUT2D eigenvalue weighted by Crippen LogP contribution is -2.48. The molecule has 0 atom stereocenters. The Morgan fingerprint density at radius 1 is 1.04 bits per heavy atom. The SMILES string of the molecule is CC1(N)C=CC2=C(C=C1)C=CC(C)(NC(=O)NCCN=C(N)N)C=C2. The third-order valence-corrected chi connectivity index (χ3v) is 3.87. The van der Waals surface area contributed by atoms with E-state index in [4.69, 9.17) is 17.2 Å². The van der Waals surface area contributed by atoms with Crippen LogP contribution in [0.4, 0.5) is 4.79 Å². The summed E-state index contributed by atoms with van der Waals surface area (Å²) in [5.74, 6) is 0.00562. The van der Waals surface area contributed by atoms with Crippen LogP contribution in [0.15, 0.2) is 64.7 Å². The quantitative estimate of drug-likeness (QED) is 0.290. The van der Waals surface area contributed by atoms with Gasteiger partial charge >= 0.3 is 6.03 Å². The van der Waals surface area contributed by atoms with Crippen molar-refractivity contribution in [3.63, 3.8) is 0 Å². The van der Waals surface area contributed by atoms with Gasteiger partial charge in [0.25, 0.3) is 0 Å². The Hall–Kier alpha value is -2.80. The van der Waals surface area contributed by atoms with Gasteiger partial charge in [0.05, 0.1) is 17.6 Å². The molecule has 2 rings (SSSR count). The van der Waals surface area contributed by atoms with Gasteiger partial charge in [0.1, 0.15) is 0 Å². The predicted octanol–water partition coefficient (Wildman–Crippen LogP) is 0.584. The molecule has 0 unspecified atom stereocenters. The Morgan fingerprint density at radius 3 is 2.08 bits per heavy atom. The van der Waals surface area contributed by atoms with Crippen molar-refractivity contribution in [2.45, 2.75) is 24.9 Å². The van der Waals surface area contributed by atoms with Gasteiger partial charge in [0.2, 0.25) is 0 Å². The van der Waals surface area contributed by atoms with Crippen molar-refractivity contribution < 1.29 is 4.79 Å². The van der Waals surface area contributed by atoms with Crippen molar-refractivity contribution >= 4 is 12.0 Å². The van der Waals surface area contributed by atoms with Crippen molar-refractivity contribution in [1.29, 1.82) is 0 Å². The minimum Gasteiger partial charge on any atom is -0.370 e. The number of nitrogens with zero attached hydrogens (tertiary/aromatic N) is 1. The predicted molar refractivity (Wildman–Crippen MR) is 102 cm³/mol. The molecule has 0 aromatic rings. The molecule has 7 nitrogen and oxygen atoms in total. The summed E-state index contributed by atoms with van der Waals surface area (Å²) in [5.41, 5.74) is 17.6. The highest BCUT2D eigenvalue weighted by Gasteiger charge is 2.22. The Labute approximate surface area is 148 Å². The van der Waals surface area contributed by atoms with Crippen LogP contribution in [0.1, 0.15) is 13.8 Å². The molecule has 0 aromatic heterocycles. The molecule has 0 bridgehead atoms. The third-order valence-electron chi connectivity index (χ3n) is 3.87. The molecular weight excluding hydrogens is 316 g/mol. The summed E-state index contributed by atoms with van der Waals surface area (Å²) in [6, 6.07) is -0.291.